The smallest absolute Gasteiger partial charge is 0.229 e. The van der Waals surface area contributed by atoms with Crippen molar-refractivity contribution in [1.29, 1.82) is 0 Å². The summed E-state index contributed by atoms with van der Waals surface area (Å²) in [5.41, 5.74) is 2.40. The highest BCUT2D eigenvalue weighted by Gasteiger charge is 2.44. The van der Waals surface area contributed by atoms with Gasteiger partial charge >= 0.3 is 0 Å². The molecule has 6 heteroatoms. The maximum Gasteiger partial charge on any atom is 0.229 e. The molecule has 120 valence electrons. The van der Waals surface area contributed by atoms with Crippen LogP contribution in [0.4, 0.5) is 5.13 Å². The highest BCUT2D eigenvalue weighted by Crippen LogP contribution is 2.48. The zero-order valence-electron chi connectivity index (χ0n) is 12.9. The topological polar surface area (TPSA) is 45.2 Å². The van der Waals surface area contributed by atoms with E-state index in [0.717, 1.165) is 41.2 Å². The highest BCUT2D eigenvalue weighted by atomic mass is 79.9. The second-order valence-corrected chi connectivity index (χ2v) is 8.37. The van der Waals surface area contributed by atoms with Gasteiger partial charge in [0.05, 0.1) is 5.69 Å². The second kappa shape index (κ2) is 6.00. The van der Waals surface area contributed by atoms with Crippen LogP contribution in [0.15, 0.2) is 28.7 Å². The minimum atomic E-state index is 0.0831. The number of halogens is 1. The number of aromatic nitrogens is 1. The normalized spacial score (nSPS) is 23.4. The predicted molar refractivity (Wildman–Crippen MR) is 95.8 cm³/mol. The van der Waals surface area contributed by atoms with E-state index in [1.807, 2.05) is 12.1 Å². The zero-order chi connectivity index (χ0) is 16.0. The van der Waals surface area contributed by atoms with Crippen LogP contribution in [0.5, 0.6) is 0 Å². The standard InChI is InChI=1S/C17H18BrN3OS/c1-21-7-6-14-15(9-21)23-17(19-14)20-16(22)13-8-12(13)10-2-4-11(18)5-3-10/h2-5,12-13H,6-9H2,1H3,(H,19,20,22). The first kappa shape index (κ1) is 15.3. The Balaban J connectivity index is 1.40. The molecule has 1 fully saturated rings. The van der Waals surface area contributed by atoms with Crippen molar-refractivity contribution in [2.45, 2.75) is 25.3 Å². The number of carbonyl (C=O) groups excluding carboxylic acids is 1. The van der Waals surface area contributed by atoms with Crippen molar-refractivity contribution < 1.29 is 4.79 Å². The van der Waals surface area contributed by atoms with E-state index in [4.69, 9.17) is 0 Å². The average molecular weight is 392 g/mol. The largest absolute Gasteiger partial charge is 0.302 e. The van der Waals surface area contributed by atoms with Crippen LogP contribution in [0.1, 0.15) is 28.5 Å². The molecule has 0 spiro atoms. The lowest BCUT2D eigenvalue weighted by atomic mass is 10.1. The molecule has 4 rings (SSSR count). The van der Waals surface area contributed by atoms with Crippen LogP contribution < -0.4 is 5.32 Å². The SMILES string of the molecule is CN1CCc2nc(NC(=O)C3CC3c3ccc(Br)cc3)sc2C1. The van der Waals surface area contributed by atoms with E-state index in [2.05, 4.69) is 50.3 Å². The molecule has 1 N–H and O–H groups in total. The molecule has 0 bridgehead atoms. The predicted octanol–water partition coefficient (Wildman–Crippen LogP) is 3.64. The monoisotopic (exact) mass is 391 g/mol. The van der Waals surface area contributed by atoms with E-state index < -0.39 is 0 Å². The summed E-state index contributed by atoms with van der Waals surface area (Å²) in [7, 11) is 2.12. The lowest BCUT2D eigenvalue weighted by Crippen LogP contribution is -2.25. The third-order valence-corrected chi connectivity index (χ3v) is 6.10. The van der Waals surface area contributed by atoms with Crippen LogP contribution >= 0.6 is 27.3 Å². The molecule has 0 saturated heterocycles. The number of hydrogen-bond acceptors (Lipinski definition) is 4. The number of benzene rings is 1. The van der Waals surface area contributed by atoms with Crippen molar-refractivity contribution in [3.05, 3.63) is 44.9 Å². The minimum absolute atomic E-state index is 0.0831. The van der Waals surface area contributed by atoms with E-state index in [1.54, 1.807) is 11.3 Å². The summed E-state index contributed by atoms with van der Waals surface area (Å²) < 4.78 is 1.07. The van der Waals surface area contributed by atoms with Crippen molar-refractivity contribution >= 4 is 38.3 Å². The number of anilines is 1. The molecule has 2 atom stereocenters. The fraction of sp³-hybridized carbons (Fsp3) is 0.412. The van der Waals surface area contributed by atoms with Gasteiger partial charge in [0.15, 0.2) is 5.13 Å². The van der Waals surface area contributed by atoms with E-state index in [1.165, 1.54) is 10.4 Å². The molecule has 4 nitrogen and oxygen atoms in total. The Morgan fingerprint density at radius 2 is 2.17 bits per heavy atom. The summed E-state index contributed by atoms with van der Waals surface area (Å²) in [6.07, 6.45) is 1.91. The van der Waals surface area contributed by atoms with Gasteiger partial charge in [-0.15, -0.1) is 11.3 Å². The molecule has 0 radical (unpaired) electrons. The maximum absolute atomic E-state index is 12.4. The third-order valence-electron chi connectivity index (χ3n) is 4.58. The molecule has 1 aromatic carbocycles. The van der Waals surface area contributed by atoms with Crippen molar-refractivity contribution in [3.8, 4) is 0 Å². The molecule has 23 heavy (non-hydrogen) atoms. The molecule has 1 saturated carbocycles. The zero-order valence-corrected chi connectivity index (χ0v) is 15.3. The van der Waals surface area contributed by atoms with Gasteiger partial charge in [-0.05, 0) is 37.1 Å². The van der Waals surface area contributed by atoms with Crippen LogP contribution in [0.25, 0.3) is 0 Å². The number of nitrogens with one attached hydrogen (secondary N) is 1. The first-order chi connectivity index (χ1) is 11.1. The highest BCUT2D eigenvalue weighted by molar-refractivity contribution is 9.10. The first-order valence-corrected chi connectivity index (χ1v) is 9.44. The molecule has 1 aliphatic carbocycles. The van der Waals surface area contributed by atoms with Gasteiger partial charge in [-0.25, -0.2) is 4.98 Å². The van der Waals surface area contributed by atoms with Gasteiger partial charge in [0.2, 0.25) is 5.91 Å². The number of carbonyl (C=O) groups is 1. The Bertz CT molecular complexity index is 743. The molecule has 1 amide bonds. The van der Waals surface area contributed by atoms with Crippen LogP contribution in [0.3, 0.4) is 0 Å². The molecule has 2 unspecified atom stereocenters. The molecule has 1 aliphatic heterocycles. The third kappa shape index (κ3) is 3.20. The number of hydrogen-bond donors (Lipinski definition) is 1. The Hall–Kier alpha value is -1.24. The van der Waals surface area contributed by atoms with Gasteiger partial charge in [0.25, 0.3) is 0 Å². The van der Waals surface area contributed by atoms with Gasteiger partial charge < -0.3 is 10.2 Å². The summed E-state index contributed by atoms with van der Waals surface area (Å²) >= 11 is 5.07. The quantitative estimate of drug-likeness (QED) is 0.868. The van der Waals surface area contributed by atoms with Gasteiger partial charge in [0, 0.05) is 34.8 Å². The molecular formula is C17H18BrN3OS. The van der Waals surface area contributed by atoms with Gasteiger partial charge in [-0.3, -0.25) is 4.79 Å². The van der Waals surface area contributed by atoms with E-state index >= 15 is 0 Å². The number of fused-ring (bicyclic) bond motifs is 1. The van der Waals surface area contributed by atoms with Crippen molar-refractivity contribution in [1.82, 2.24) is 9.88 Å². The number of rotatable bonds is 3. The Morgan fingerprint density at radius 1 is 1.39 bits per heavy atom. The molecule has 1 aromatic heterocycles. The van der Waals surface area contributed by atoms with E-state index in [-0.39, 0.29) is 11.8 Å². The van der Waals surface area contributed by atoms with Crippen LogP contribution in [-0.2, 0) is 17.8 Å². The Morgan fingerprint density at radius 3 is 2.96 bits per heavy atom. The first-order valence-electron chi connectivity index (χ1n) is 7.83. The Labute approximate surface area is 148 Å². The summed E-state index contributed by atoms with van der Waals surface area (Å²) in [5, 5.41) is 3.79. The number of nitrogens with zero attached hydrogens (tertiary/aromatic N) is 2. The number of amides is 1. The molecule has 2 heterocycles. The van der Waals surface area contributed by atoms with Crippen LogP contribution in [-0.4, -0.2) is 29.4 Å². The average Bonchev–Trinajstić information content (AvgIpc) is 3.23. The van der Waals surface area contributed by atoms with Gasteiger partial charge in [0.1, 0.15) is 0 Å². The second-order valence-electron chi connectivity index (χ2n) is 6.37. The fourth-order valence-corrected chi connectivity index (χ4v) is 4.49. The lowest BCUT2D eigenvalue weighted by Gasteiger charge is -2.20. The number of thiazole rings is 1. The van der Waals surface area contributed by atoms with Gasteiger partial charge in [-0.2, -0.15) is 0 Å². The molecular weight excluding hydrogens is 374 g/mol. The molecule has 2 aromatic rings. The Kier molecular flexibility index (Phi) is 3.99. The summed E-state index contributed by atoms with van der Waals surface area (Å²) in [6.45, 7) is 1.98. The van der Waals surface area contributed by atoms with E-state index in [0.29, 0.717) is 5.92 Å². The van der Waals surface area contributed by atoms with Gasteiger partial charge in [-0.1, -0.05) is 28.1 Å². The van der Waals surface area contributed by atoms with Crippen molar-refractivity contribution in [3.63, 3.8) is 0 Å². The van der Waals surface area contributed by atoms with Crippen LogP contribution in [0.2, 0.25) is 0 Å². The molecule has 2 aliphatic rings. The fourth-order valence-electron chi connectivity index (χ4n) is 3.14. The van der Waals surface area contributed by atoms with Crippen molar-refractivity contribution in [2.24, 2.45) is 5.92 Å². The lowest BCUT2D eigenvalue weighted by molar-refractivity contribution is -0.117. The van der Waals surface area contributed by atoms with Crippen molar-refractivity contribution in [2.75, 3.05) is 18.9 Å². The maximum atomic E-state index is 12.4. The minimum Gasteiger partial charge on any atom is -0.302 e. The summed E-state index contributed by atoms with van der Waals surface area (Å²) in [4.78, 5) is 20.6. The summed E-state index contributed by atoms with van der Waals surface area (Å²) in [5.74, 6) is 0.543. The van der Waals surface area contributed by atoms with E-state index in [9.17, 15) is 4.79 Å². The van der Waals surface area contributed by atoms with Crippen LogP contribution in [0, 0.1) is 5.92 Å². The summed E-state index contributed by atoms with van der Waals surface area (Å²) in [6, 6.07) is 8.27. The number of likely N-dealkylation sites (N-methyl/N-ethyl adjacent to an activating group) is 1.